The molecular weight excluding hydrogens is 335 g/mol. The van der Waals surface area contributed by atoms with E-state index < -0.39 is 15.8 Å². The van der Waals surface area contributed by atoms with Crippen molar-refractivity contribution in [2.45, 2.75) is 11.4 Å². The van der Waals surface area contributed by atoms with Gasteiger partial charge in [0.1, 0.15) is 5.82 Å². The van der Waals surface area contributed by atoms with Gasteiger partial charge in [0, 0.05) is 23.7 Å². The van der Waals surface area contributed by atoms with Crippen LogP contribution in [0, 0.1) is 5.82 Å². The maximum atomic E-state index is 13.2. The monoisotopic (exact) mass is 348 g/mol. The third-order valence-corrected chi connectivity index (χ3v) is 5.30. The van der Waals surface area contributed by atoms with E-state index in [1.807, 2.05) is 22.9 Å². The first-order chi connectivity index (χ1) is 11.0. The number of pyridine rings is 1. The van der Waals surface area contributed by atoms with Crippen LogP contribution in [0.2, 0.25) is 0 Å². The fourth-order valence-electron chi connectivity index (χ4n) is 2.05. The average Bonchev–Trinajstić information content (AvgIpc) is 3.08. The first-order valence-corrected chi connectivity index (χ1v) is 9.20. The van der Waals surface area contributed by atoms with Crippen molar-refractivity contribution in [3.05, 3.63) is 70.8 Å². The molecule has 0 aliphatic rings. The molecule has 0 spiro atoms. The average molecular weight is 348 g/mol. The van der Waals surface area contributed by atoms with Crippen LogP contribution in [0.5, 0.6) is 0 Å². The normalized spacial score (nSPS) is 11.5. The summed E-state index contributed by atoms with van der Waals surface area (Å²) in [6.07, 6.45) is 1.64. The molecule has 1 aromatic carbocycles. The zero-order chi connectivity index (χ0) is 16.3. The van der Waals surface area contributed by atoms with E-state index in [9.17, 15) is 12.8 Å². The second kappa shape index (κ2) is 6.57. The molecule has 2 heterocycles. The Morgan fingerprint density at radius 2 is 2.04 bits per heavy atom. The number of rotatable bonds is 5. The fraction of sp³-hybridized carbons (Fsp3) is 0.0625. The van der Waals surface area contributed by atoms with Gasteiger partial charge in [-0.05, 0) is 47.3 Å². The summed E-state index contributed by atoms with van der Waals surface area (Å²) in [5.41, 5.74) is 2.56. The summed E-state index contributed by atoms with van der Waals surface area (Å²) in [5, 5.41) is 3.93. The Morgan fingerprint density at radius 3 is 2.78 bits per heavy atom. The smallest absolute Gasteiger partial charge is 0.240 e. The van der Waals surface area contributed by atoms with E-state index in [0.717, 1.165) is 22.9 Å². The summed E-state index contributed by atoms with van der Waals surface area (Å²) in [4.78, 5) is 4.18. The number of nitrogens with one attached hydrogen (secondary N) is 1. The van der Waals surface area contributed by atoms with E-state index in [0.29, 0.717) is 0 Å². The summed E-state index contributed by atoms with van der Waals surface area (Å²) < 4.78 is 40.0. The second-order valence-electron chi connectivity index (χ2n) is 4.84. The molecule has 23 heavy (non-hydrogen) atoms. The number of aromatic nitrogens is 1. The minimum Gasteiger partial charge on any atom is -0.256 e. The van der Waals surface area contributed by atoms with Crippen LogP contribution in [-0.4, -0.2) is 13.4 Å². The Morgan fingerprint density at radius 1 is 1.17 bits per heavy atom. The molecule has 0 aliphatic heterocycles. The first kappa shape index (κ1) is 15.8. The molecule has 7 heteroatoms. The summed E-state index contributed by atoms with van der Waals surface area (Å²) in [5.74, 6) is -0.587. The van der Waals surface area contributed by atoms with Crippen molar-refractivity contribution in [1.82, 2.24) is 9.71 Å². The van der Waals surface area contributed by atoms with E-state index >= 15 is 0 Å². The Hall–Kier alpha value is -2.09. The van der Waals surface area contributed by atoms with E-state index in [4.69, 9.17) is 0 Å². The third-order valence-electron chi connectivity index (χ3n) is 3.21. The second-order valence-corrected chi connectivity index (χ2v) is 7.39. The van der Waals surface area contributed by atoms with Gasteiger partial charge in [0.15, 0.2) is 0 Å². The van der Waals surface area contributed by atoms with Gasteiger partial charge in [-0.25, -0.2) is 17.5 Å². The molecule has 118 valence electrons. The van der Waals surface area contributed by atoms with E-state index in [2.05, 4.69) is 9.71 Å². The van der Waals surface area contributed by atoms with Crippen LogP contribution in [0.1, 0.15) is 5.56 Å². The number of hydrogen-bond donors (Lipinski definition) is 1. The Labute approximate surface area is 137 Å². The lowest BCUT2D eigenvalue weighted by Crippen LogP contribution is -2.23. The lowest BCUT2D eigenvalue weighted by molar-refractivity contribution is 0.577. The molecule has 0 fully saturated rings. The molecule has 2 aromatic heterocycles. The molecule has 3 rings (SSSR count). The van der Waals surface area contributed by atoms with Crippen molar-refractivity contribution < 1.29 is 12.8 Å². The Kier molecular flexibility index (Phi) is 4.51. The van der Waals surface area contributed by atoms with Crippen LogP contribution < -0.4 is 4.72 Å². The SMILES string of the molecule is O=S(=O)(NCc1ccnc(-c2ccsc2)c1)c1cccc(F)c1. The van der Waals surface area contributed by atoms with Gasteiger partial charge in [0.05, 0.1) is 10.6 Å². The number of halogens is 1. The summed E-state index contributed by atoms with van der Waals surface area (Å²) >= 11 is 1.57. The van der Waals surface area contributed by atoms with E-state index in [1.165, 1.54) is 18.2 Å². The molecule has 0 aliphatic carbocycles. The summed E-state index contributed by atoms with van der Waals surface area (Å²) in [6.45, 7) is 0.110. The topological polar surface area (TPSA) is 59.1 Å². The van der Waals surface area contributed by atoms with Crippen LogP contribution in [0.15, 0.2) is 64.3 Å². The summed E-state index contributed by atoms with van der Waals surface area (Å²) in [6, 6.07) is 10.4. The Balaban J connectivity index is 1.77. The summed E-state index contributed by atoms with van der Waals surface area (Å²) in [7, 11) is -3.76. The van der Waals surface area contributed by atoms with Gasteiger partial charge in [-0.3, -0.25) is 4.98 Å². The molecule has 4 nitrogen and oxygen atoms in total. The van der Waals surface area contributed by atoms with Crippen LogP contribution in [0.3, 0.4) is 0 Å². The van der Waals surface area contributed by atoms with Gasteiger partial charge in [-0.1, -0.05) is 6.07 Å². The zero-order valence-electron chi connectivity index (χ0n) is 11.9. The molecule has 0 saturated carbocycles. The maximum Gasteiger partial charge on any atom is 0.240 e. The molecule has 3 aromatic rings. The lowest BCUT2D eigenvalue weighted by Gasteiger charge is -2.08. The van der Waals surface area contributed by atoms with Crippen molar-refractivity contribution in [1.29, 1.82) is 0 Å². The van der Waals surface area contributed by atoms with Crippen molar-refractivity contribution in [2.24, 2.45) is 0 Å². The zero-order valence-corrected chi connectivity index (χ0v) is 13.6. The van der Waals surface area contributed by atoms with Crippen molar-refractivity contribution in [3.63, 3.8) is 0 Å². The highest BCUT2D eigenvalue weighted by Gasteiger charge is 2.14. The van der Waals surface area contributed by atoms with Crippen LogP contribution in [0.4, 0.5) is 4.39 Å². The van der Waals surface area contributed by atoms with Gasteiger partial charge >= 0.3 is 0 Å². The number of benzene rings is 1. The Bertz CT molecular complexity index is 909. The van der Waals surface area contributed by atoms with Gasteiger partial charge in [0.25, 0.3) is 0 Å². The lowest BCUT2D eigenvalue weighted by atomic mass is 10.1. The van der Waals surface area contributed by atoms with Gasteiger partial charge in [0.2, 0.25) is 10.0 Å². The quantitative estimate of drug-likeness (QED) is 0.768. The van der Waals surface area contributed by atoms with Crippen molar-refractivity contribution >= 4 is 21.4 Å². The van der Waals surface area contributed by atoms with Crippen LogP contribution in [0.25, 0.3) is 11.3 Å². The molecule has 0 bridgehead atoms. The molecule has 1 N–H and O–H groups in total. The largest absolute Gasteiger partial charge is 0.256 e. The number of nitrogens with zero attached hydrogens (tertiary/aromatic N) is 1. The van der Waals surface area contributed by atoms with Gasteiger partial charge < -0.3 is 0 Å². The van der Waals surface area contributed by atoms with Crippen LogP contribution in [-0.2, 0) is 16.6 Å². The highest BCUT2D eigenvalue weighted by molar-refractivity contribution is 7.89. The molecular formula is C16H13FN2O2S2. The predicted octanol–water partition coefficient (Wildman–Crippen LogP) is 3.43. The standard InChI is InChI=1S/C16H13FN2O2S2/c17-14-2-1-3-15(9-14)23(20,21)19-10-12-4-6-18-16(8-12)13-5-7-22-11-13/h1-9,11,19H,10H2. The minimum atomic E-state index is -3.76. The number of hydrogen-bond acceptors (Lipinski definition) is 4. The van der Waals surface area contributed by atoms with Crippen molar-refractivity contribution in [3.8, 4) is 11.3 Å². The van der Waals surface area contributed by atoms with E-state index in [1.54, 1.807) is 23.6 Å². The predicted molar refractivity (Wildman–Crippen MR) is 88.0 cm³/mol. The van der Waals surface area contributed by atoms with Gasteiger partial charge in [-0.2, -0.15) is 11.3 Å². The fourth-order valence-corrected chi connectivity index (χ4v) is 3.75. The molecule has 0 radical (unpaired) electrons. The van der Waals surface area contributed by atoms with Crippen molar-refractivity contribution in [2.75, 3.05) is 0 Å². The highest BCUT2D eigenvalue weighted by Crippen LogP contribution is 2.20. The maximum absolute atomic E-state index is 13.2. The molecule has 0 atom stereocenters. The van der Waals surface area contributed by atoms with Gasteiger partial charge in [-0.15, -0.1) is 0 Å². The van der Waals surface area contributed by atoms with E-state index in [-0.39, 0.29) is 11.4 Å². The minimum absolute atomic E-state index is 0.0929. The molecule has 0 saturated heterocycles. The number of sulfonamides is 1. The third kappa shape index (κ3) is 3.82. The molecule has 0 unspecified atom stereocenters. The first-order valence-electron chi connectivity index (χ1n) is 6.77. The van der Waals surface area contributed by atoms with Crippen LogP contribution >= 0.6 is 11.3 Å². The molecule has 0 amide bonds. The number of thiophene rings is 1. The highest BCUT2D eigenvalue weighted by atomic mass is 32.2.